The van der Waals surface area contributed by atoms with Gasteiger partial charge in [0.05, 0.1) is 31.2 Å². The Morgan fingerprint density at radius 2 is 1.57 bits per heavy atom. The largest absolute Gasteiger partial charge is 0.497 e. The summed E-state index contributed by atoms with van der Waals surface area (Å²) in [7, 11) is -2.73. The summed E-state index contributed by atoms with van der Waals surface area (Å²) in [6.45, 7) is 4.61. The molecule has 2 unspecified atom stereocenters. The van der Waals surface area contributed by atoms with E-state index in [-0.39, 0.29) is 42.7 Å². The highest BCUT2D eigenvalue weighted by Crippen LogP contribution is 2.30. The summed E-state index contributed by atoms with van der Waals surface area (Å²) >= 11 is 0. The first-order valence-corrected chi connectivity index (χ1v) is 21.7. The van der Waals surface area contributed by atoms with E-state index in [1.165, 1.54) is 36.3 Å². The first-order valence-electron chi connectivity index (χ1n) is 20.2. The molecule has 5 atom stereocenters. The molecule has 60 heavy (non-hydrogen) atoms. The van der Waals surface area contributed by atoms with Crippen molar-refractivity contribution < 1.29 is 51.5 Å². The lowest BCUT2D eigenvalue weighted by Crippen LogP contribution is -2.58. The van der Waals surface area contributed by atoms with Crippen LogP contribution in [0.4, 0.5) is 4.79 Å². The smallest absolute Gasteiger partial charge is 0.407 e. The lowest BCUT2D eigenvalue weighted by atomic mass is 9.83. The van der Waals surface area contributed by atoms with E-state index in [1.807, 2.05) is 13.8 Å². The molecule has 19 heteroatoms. The number of alkyl carbamates (subject to hydrolysis) is 1. The number of primary amides is 1. The summed E-state index contributed by atoms with van der Waals surface area (Å²) in [5, 5.41) is 9.96. The molecule has 0 radical (unpaired) electrons. The minimum atomic E-state index is -4.17. The predicted molar refractivity (Wildman–Crippen MR) is 218 cm³/mol. The van der Waals surface area contributed by atoms with Gasteiger partial charge in [-0.05, 0) is 67.3 Å². The van der Waals surface area contributed by atoms with Crippen LogP contribution in [0.2, 0.25) is 0 Å². The maximum absolute atomic E-state index is 14.6. The van der Waals surface area contributed by atoms with Gasteiger partial charge in [-0.25, -0.2) is 17.9 Å². The number of sulfonamides is 1. The molecule has 1 aliphatic carbocycles. The van der Waals surface area contributed by atoms with E-state index in [0.29, 0.717) is 30.6 Å². The van der Waals surface area contributed by atoms with Crippen LogP contribution in [0.15, 0.2) is 59.5 Å². The number of hydrogen-bond donors (Lipinski definition) is 6. The van der Waals surface area contributed by atoms with Gasteiger partial charge < -0.3 is 41.4 Å². The summed E-state index contributed by atoms with van der Waals surface area (Å²) in [6.07, 6.45) is 3.15. The number of carbonyl (C=O) groups excluding carboxylic acids is 7. The number of ketones is 1. The maximum Gasteiger partial charge on any atom is 0.407 e. The number of nitrogens with one attached hydrogen (secondary N) is 5. The van der Waals surface area contributed by atoms with E-state index in [1.54, 1.807) is 37.3 Å². The zero-order valence-corrected chi connectivity index (χ0v) is 35.3. The van der Waals surface area contributed by atoms with E-state index in [9.17, 15) is 42.0 Å². The molecule has 4 rings (SSSR count). The standard InChI is InChI=1S/C41H57N7O11S/c1-5-12-31(36(50)39(53)43-22-33(49)45-34(37(42)51)26-13-8-6-9-14-26)44-38(52)32-21-28(47-60(56,57)30-19-17-29(58-4)18-20-30)23-48(32)40(54)35(27-15-10-7-11-16-27)46-41(55)59-24-25(2)3/h6,8-9,13-14,17-20,25,27-28,31-32,34-35,47H,5,7,10-12,15-16,21-24H2,1-4H3,(H2,42,51)(H,43,53)(H,44,52)(H,45,49)(H,46,55)/t28-,31?,32?,34-,35-/m1/s1. The number of nitrogens with two attached hydrogens (primary N) is 1. The molecule has 2 aromatic rings. The van der Waals surface area contributed by atoms with Gasteiger partial charge in [0.15, 0.2) is 0 Å². The summed E-state index contributed by atoms with van der Waals surface area (Å²) in [6, 6.07) is 7.86. The fraction of sp³-hybridized carbons (Fsp3) is 0.537. The Kier molecular flexibility index (Phi) is 17.4. The number of methoxy groups -OCH3 is 1. The number of amides is 6. The number of nitrogens with zero attached hydrogens (tertiary/aromatic N) is 1. The van der Waals surface area contributed by atoms with Crippen molar-refractivity contribution in [2.45, 2.75) is 107 Å². The third-order valence-corrected chi connectivity index (χ3v) is 11.9. The lowest BCUT2D eigenvalue weighted by Gasteiger charge is -2.34. The van der Waals surface area contributed by atoms with E-state index in [2.05, 4.69) is 26.0 Å². The van der Waals surface area contributed by atoms with Crippen molar-refractivity contribution in [2.24, 2.45) is 17.6 Å². The minimum Gasteiger partial charge on any atom is -0.497 e. The SMILES string of the molecule is CCCC(NC(=O)C1C[C@@H](NS(=O)(=O)c2ccc(OC)cc2)CN1C(=O)[C@H](NC(=O)OCC(C)C)C1CCCCC1)C(=O)C(=O)NCC(=O)N[C@@H](C(N)=O)c1ccccc1. The molecule has 2 aromatic carbocycles. The maximum atomic E-state index is 14.6. The second-order valence-electron chi connectivity index (χ2n) is 15.5. The number of hydrogen-bond acceptors (Lipinski definition) is 11. The van der Waals surface area contributed by atoms with Crippen LogP contribution in [-0.4, -0.2) is 106 Å². The second-order valence-corrected chi connectivity index (χ2v) is 17.2. The number of Topliss-reactive ketones (excluding diaryl/α,β-unsaturated/α-hetero) is 1. The molecule has 1 aliphatic heterocycles. The van der Waals surface area contributed by atoms with Gasteiger partial charge in [0, 0.05) is 12.6 Å². The zero-order chi connectivity index (χ0) is 44.0. The molecule has 328 valence electrons. The Hall–Kier alpha value is -5.56. The Morgan fingerprint density at radius 1 is 0.900 bits per heavy atom. The van der Waals surface area contributed by atoms with Gasteiger partial charge in [-0.1, -0.05) is 76.8 Å². The van der Waals surface area contributed by atoms with Gasteiger partial charge >= 0.3 is 6.09 Å². The van der Waals surface area contributed by atoms with Crippen LogP contribution < -0.4 is 36.5 Å². The average molecular weight is 856 g/mol. The topological polar surface area (TPSA) is 262 Å². The van der Waals surface area contributed by atoms with Crippen molar-refractivity contribution >= 4 is 51.4 Å². The van der Waals surface area contributed by atoms with Crippen LogP contribution in [0, 0.1) is 11.8 Å². The van der Waals surface area contributed by atoms with Crippen molar-refractivity contribution in [2.75, 3.05) is 26.8 Å². The zero-order valence-electron chi connectivity index (χ0n) is 34.4. The van der Waals surface area contributed by atoms with Crippen LogP contribution >= 0.6 is 0 Å². The van der Waals surface area contributed by atoms with Gasteiger partial charge in [-0.3, -0.25) is 28.8 Å². The molecular formula is C41H57N7O11S. The molecule has 0 bridgehead atoms. The summed E-state index contributed by atoms with van der Waals surface area (Å²) < 4.78 is 40.1. The molecule has 0 spiro atoms. The van der Waals surface area contributed by atoms with Crippen molar-refractivity contribution in [3.05, 3.63) is 60.2 Å². The van der Waals surface area contributed by atoms with Gasteiger partial charge in [-0.15, -0.1) is 0 Å². The Balaban J connectivity index is 1.54. The monoisotopic (exact) mass is 855 g/mol. The second kappa shape index (κ2) is 22.2. The first kappa shape index (κ1) is 47.1. The predicted octanol–water partition coefficient (Wildman–Crippen LogP) is 1.59. The number of benzene rings is 2. The molecule has 18 nitrogen and oxygen atoms in total. The molecule has 2 fully saturated rings. The number of carbonyl (C=O) groups is 7. The highest BCUT2D eigenvalue weighted by molar-refractivity contribution is 7.89. The Morgan fingerprint density at radius 3 is 2.17 bits per heavy atom. The van der Waals surface area contributed by atoms with Crippen molar-refractivity contribution in [1.82, 2.24) is 30.9 Å². The molecule has 1 saturated heterocycles. The molecule has 2 aliphatic rings. The van der Waals surface area contributed by atoms with Gasteiger partial charge in [0.2, 0.25) is 39.4 Å². The number of rotatable bonds is 20. The minimum absolute atomic E-state index is 0.00405. The molecule has 1 saturated carbocycles. The molecule has 0 aromatic heterocycles. The normalized spacial score (nSPS) is 18.4. The Labute approximate surface area is 350 Å². The third-order valence-electron chi connectivity index (χ3n) is 10.4. The fourth-order valence-electron chi connectivity index (χ4n) is 7.30. The van der Waals surface area contributed by atoms with Crippen molar-refractivity contribution in [3.63, 3.8) is 0 Å². The van der Waals surface area contributed by atoms with Crippen LogP contribution in [0.5, 0.6) is 5.75 Å². The lowest BCUT2D eigenvalue weighted by molar-refractivity contribution is -0.143. The molecule has 1 heterocycles. The van der Waals surface area contributed by atoms with E-state index in [4.69, 9.17) is 15.2 Å². The van der Waals surface area contributed by atoms with E-state index in [0.717, 1.165) is 19.3 Å². The van der Waals surface area contributed by atoms with Crippen LogP contribution in [0.1, 0.15) is 83.7 Å². The molecule has 6 amide bonds. The average Bonchev–Trinajstić information content (AvgIpc) is 3.66. The van der Waals surface area contributed by atoms with E-state index >= 15 is 0 Å². The molecular weight excluding hydrogens is 799 g/mol. The van der Waals surface area contributed by atoms with Gasteiger partial charge in [0.25, 0.3) is 5.91 Å². The number of ether oxygens (including phenoxy) is 2. The van der Waals surface area contributed by atoms with Gasteiger partial charge in [0.1, 0.15) is 23.9 Å². The van der Waals surface area contributed by atoms with Crippen molar-refractivity contribution in [3.8, 4) is 5.75 Å². The highest BCUT2D eigenvalue weighted by Gasteiger charge is 2.46. The number of likely N-dealkylation sites (tertiary alicyclic amines) is 1. The third kappa shape index (κ3) is 13.2. The first-order chi connectivity index (χ1) is 28.5. The van der Waals surface area contributed by atoms with Crippen LogP contribution in [-0.2, 0) is 43.5 Å². The molecule has 7 N–H and O–H groups in total. The summed E-state index contributed by atoms with van der Waals surface area (Å²) in [5.41, 5.74) is 5.88. The van der Waals surface area contributed by atoms with Gasteiger partial charge in [-0.2, -0.15) is 0 Å². The quantitative estimate of drug-likeness (QED) is 0.104. The highest BCUT2D eigenvalue weighted by atomic mass is 32.2. The van der Waals surface area contributed by atoms with E-state index < -0.39 is 88.2 Å². The van der Waals surface area contributed by atoms with Crippen LogP contribution in [0.3, 0.4) is 0 Å². The summed E-state index contributed by atoms with van der Waals surface area (Å²) in [4.78, 5) is 94.2. The van der Waals surface area contributed by atoms with Crippen LogP contribution in [0.25, 0.3) is 0 Å². The summed E-state index contributed by atoms with van der Waals surface area (Å²) in [5.74, 6) is -5.20. The fourth-order valence-corrected chi connectivity index (χ4v) is 8.54. The van der Waals surface area contributed by atoms with Crippen molar-refractivity contribution in [1.29, 1.82) is 0 Å². The Bertz CT molecular complexity index is 1940.